The van der Waals surface area contributed by atoms with Crippen LogP contribution in [0.25, 0.3) is 10.8 Å². The van der Waals surface area contributed by atoms with E-state index in [4.69, 9.17) is 9.84 Å². The number of carbonyl (C=O) groups is 2. The van der Waals surface area contributed by atoms with Crippen LogP contribution >= 0.6 is 0 Å². The van der Waals surface area contributed by atoms with Gasteiger partial charge in [-0.1, -0.05) is 43.5 Å². The summed E-state index contributed by atoms with van der Waals surface area (Å²) in [6.07, 6.45) is 1.15. The Hall–Kier alpha value is -2.88. The number of fused-ring (bicyclic) bond motifs is 1. The summed E-state index contributed by atoms with van der Waals surface area (Å²) in [5.41, 5.74) is 0.176. The zero-order valence-electron chi connectivity index (χ0n) is 11.7. The number of esters is 1. The van der Waals surface area contributed by atoms with Crippen LogP contribution in [0.1, 0.15) is 6.92 Å². The van der Waals surface area contributed by atoms with Gasteiger partial charge in [-0.05, 0) is 29.8 Å². The maximum atomic E-state index is 11.0. The van der Waals surface area contributed by atoms with E-state index in [1.165, 1.54) is 6.92 Å². The minimum Gasteiger partial charge on any atom is -0.478 e. The highest BCUT2D eigenvalue weighted by atomic mass is 16.5. The van der Waals surface area contributed by atoms with Crippen molar-refractivity contribution >= 4 is 22.7 Å². The van der Waals surface area contributed by atoms with Crippen molar-refractivity contribution in [2.24, 2.45) is 0 Å². The third-order valence-corrected chi connectivity index (χ3v) is 2.47. The molecular weight excluding hydrogens is 268 g/mol. The minimum absolute atomic E-state index is 0.176. The average Bonchev–Trinajstić information content (AvgIpc) is 2.47. The number of ether oxygens (including phenoxy) is 1. The molecule has 2 aromatic carbocycles. The summed E-state index contributed by atoms with van der Waals surface area (Å²) in [6.45, 7) is 7.95. The molecule has 0 amide bonds. The fraction of sp³-hybridized carbons (Fsp3) is 0.0588. The van der Waals surface area contributed by atoms with Crippen LogP contribution in [-0.4, -0.2) is 17.0 Å². The van der Waals surface area contributed by atoms with E-state index in [-0.39, 0.29) is 5.57 Å². The predicted octanol–water partition coefficient (Wildman–Crippen LogP) is 3.58. The van der Waals surface area contributed by atoms with Gasteiger partial charge in [-0.25, -0.2) is 9.59 Å². The number of aliphatic carboxylic acids is 1. The van der Waals surface area contributed by atoms with Gasteiger partial charge in [-0.3, -0.25) is 0 Å². The molecule has 0 aliphatic carbocycles. The lowest BCUT2D eigenvalue weighted by atomic mass is 10.1. The monoisotopic (exact) mass is 284 g/mol. The highest BCUT2D eigenvalue weighted by Crippen LogP contribution is 2.20. The van der Waals surface area contributed by atoms with E-state index < -0.39 is 11.9 Å². The van der Waals surface area contributed by atoms with Gasteiger partial charge in [0.05, 0.1) is 0 Å². The van der Waals surface area contributed by atoms with Crippen molar-refractivity contribution in [3.8, 4) is 5.75 Å². The second kappa shape index (κ2) is 7.65. The zero-order valence-corrected chi connectivity index (χ0v) is 11.7. The molecule has 1 N–H and O–H groups in total. The molecule has 0 atom stereocenters. The Morgan fingerprint density at radius 3 is 2.24 bits per heavy atom. The first-order chi connectivity index (χ1) is 9.93. The van der Waals surface area contributed by atoms with Crippen LogP contribution in [0.3, 0.4) is 0 Å². The molecule has 0 aliphatic heterocycles. The number of hydrogen-bond donors (Lipinski definition) is 1. The topological polar surface area (TPSA) is 63.6 Å². The molecule has 0 aliphatic rings. The predicted molar refractivity (Wildman–Crippen MR) is 82.2 cm³/mol. The van der Waals surface area contributed by atoms with E-state index >= 15 is 0 Å². The maximum absolute atomic E-state index is 11.0. The fourth-order valence-corrected chi connectivity index (χ4v) is 1.39. The molecule has 0 spiro atoms. The molecular formula is C17H16O4. The van der Waals surface area contributed by atoms with Crippen molar-refractivity contribution < 1.29 is 19.4 Å². The number of carboxylic acid groups (broad SMARTS) is 1. The lowest BCUT2D eigenvalue weighted by Crippen LogP contribution is -2.02. The number of carboxylic acids is 1. The summed E-state index contributed by atoms with van der Waals surface area (Å²) in [5, 5.41) is 10.1. The Labute approximate surface area is 123 Å². The van der Waals surface area contributed by atoms with Crippen LogP contribution in [-0.2, 0) is 9.59 Å². The van der Waals surface area contributed by atoms with Gasteiger partial charge in [0.25, 0.3) is 0 Å². The van der Waals surface area contributed by atoms with Gasteiger partial charge in [0.2, 0.25) is 0 Å². The van der Waals surface area contributed by atoms with E-state index in [0.717, 1.165) is 16.8 Å². The summed E-state index contributed by atoms with van der Waals surface area (Å²) in [4.78, 5) is 20.6. The van der Waals surface area contributed by atoms with Gasteiger partial charge >= 0.3 is 11.9 Å². The van der Waals surface area contributed by atoms with E-state index in [9.17, 15) is 9.59 Å². The van der Waals surface area contributed by atoms with Crippen LogP contribution in [0.5, 0.6) is 5.75 Å². The first-order valence-corrected chi connectivity index (χ1v) is 6.16. The molecule has 2 rings (SSSR count). The van der Waals surface area contributed by atoms with Crippen molar-refractivity contribution in [1.82, 2.24) is 0 Å². The van der Waals surface area contributed by atoms with Gasteiger partial charge in [-0.2, -0.15) is 0 Å². The van der Waals surface area contributed by atoms with Crippen molar-refractivity contribution in [1.29, 1.82) is 0 Å². The largest absolute Gasteiger partial charge is 0.478 e. The van der Waals surface area contributed by atoms with Crippen molar-refractivity contribution in [3.05, 3.63) is 67.3 Å². The number of rotatable bonds is 3. The Morgan fingerprint density at radius 1 is 1.14 bits per heavy atom. The van der Waals surface area contributed by atoms with E-state index in [1.807, 2.05) is 36.4 Å². The van der Waals surface area contributed by atoms with E-state index in [1.54, 1.807) is 6.07 Å². The molecule has 0 aromatic heterocycles. The molecule has 4 heteroatoms. The Balaban J connectivity index is 0.000000315. The number of benzene rings is 2. The smallest absolute Gasteiger partial charge is 0.335 e. The van der Waals surface area contributed by atoms with Gasteiger partial charge in [0.15, 0.2) is 0 Å². The standard InChI is InChI=1S/C13H10O2.C4H6O2/c1-2-13(14)15-12-8-7-10-5-3-4-6-11(10)9-12;1-3(2)4(5)6/h2-9H,1H2;1H2,2H3,(H,5,6). The molecule has 2 aromatic rings. The highest BCUT2D eigenvalue weighted by molar-refractivity contribution is 5.87. The third-order valence-electron chi connectivity index (χ3n) is 2.47. The van der Waals surface area contributed by atoms with Crippen LogP contribution in [0, 0.1) is 0 Å². The maximum Gasteiger partial charge on any atom is 0.335 e. The van der Waals surface area contributed by atoms with Gasteiger partial charge in [0, 0.05) is 11.6 Å². The van der Waals surface area contributed by atoms with Crippen LogP contribution in [0.15, 0.2) is 67.3 Å². The first kappa shape index (κ1) is 16.2. The van der Waals surface area contributed by atoms with Crippen LogP contribution in [0.4, 0.5) is 0 Å². The van der Waals surface area contributed by atoms with Gasteiger partial charge in [0.1, 0.15) is 5.75 Å². The second-order valence-electron chi connectivity index (χ2n) is 4.22. The van der Waals surface area contributed by atoms with Crippen molar-refractivity contribution in [3.63, 3.8) is 0 Å². The van der Waals surface area contributed by atoms with E-state index in [2.05, 4.69) is 13.2 Å². The molecule has 21 heavy (non-hydrogen) atoms. The highest BCUT2D eigenvalue weighted by Gasteiger charge is 2.00. The summed E-state index contributed by atoms with van der Waals surface area (Å²) < 4.78 is 5.01. The SMILES string of the molecule is C=C(C)C(=O)O.C=CC(=O)Oc1ccc2ccccc2c1. The Kier molecular flexibility index (Phi) is 5.89. The number of carbonyl (C=O) groups excluding carboxylic acids is 1. The fourth-order valence-electron chi connectivity index (χ4n) is 1.39. The average molecular weight is 284 g/mol. The van der Waals surface area contributed by atoms with Crippen molar-refractivity contribution in [2.75, 3.05) is 0 Å². The molecule has 0 bridgehead atoms. The quantitative estimate of drug-likeness (QED) is 0.531. The first-order valence-electron chi connectivity index (χ1n) is 6.16. The van der Waals surface area contributed by atoms with Crippen LogP contribution < -0.4 is 4.74 Å². The molecule has 0 heterocycles. The summed E-state index contributed by atoms with van der Waals surface area (Å²) >= 11 is 0. The Morgan fingerprint density at radius 2 is 1.71 bits per heavy atom. The number of hydrogen-bond acceptors (Lipinski definition) is 3. The molecule has 0 saturated carbocycles. The Bertz CT molecular complexity index is 674. The molecule has 0 saturated heterocycles. The molecule has 108 valence electrons. The van der Waals surface area contributed by atoms with E-state index in [0.29, 0.717) is 5.75 Å². The summed E-state index contributed by atoms with van der Waals surface area (Å²) in [5.74, 6) is -0.834. The molecule has 0 radical (unpaired) electrons. The molecule has 4 nitrogen and oxygen atoms in total. The normalized spacial score (nSPS) is 9.19. The lowest BCUT2D eigenvalue weighted by molar-refractivity contribution is -0.132. The van der Waals surface area contributed by atoms with Gasteiger partial charge in [-0.15, -0.1) is 0 Å². The molecule has 0 unspecified atom stereocenters. The summed E-state index contributed by atoms with van der Waals surface area (Å²) in [7, 11) is 0. The molecule has 0 fully saturated rings. The van der Waals surface area contributed by atoms with Crippen LogP contribution in [0.2, 0.25) is 0 Å². The lowest BCUT2D eigenvalue weighted by Gasteiger charge is -2.02. The third kappa shape index (κ3) is 5.32. The zero-order chi connectivity index (χ0) is 15.8. The van der Waals surface area contributed by atoms with Gasteiger partial charge < -0.3 is 9.84 Å². The summed E-state index contributed by atoms with van der Waals surface area (Å²) in [6, 6.07) is 13.4. The minimum atomic E-state index is -0.935. The van der Waals surface area contributed by atoms with Crippen molar-refractivity contribution in [2.45, 2.75) is 6.92 Å². The second-order valence-corrected chi connectivity index (χ2v) is 4.22.